The summed E-state index contributed by atoms with van der Waals surface area (Å²) >= 11 is 0. The zero-order valence-electron chi connectivity index (χ0n) is 21.2. The van der Waals surface area contributed by atoms with Crippen molar-refractivity contribution < 1.29 is 14.6 Å². The van der Waals surface area contributed by atoms with Crippen molar-refractivity contribution in [3.8, 4) is 5.75 Å². The number of hydrogen-bond donors (Lipinski definition) is 2. The molecule has 0 spiro atoms. The first-order chi connectivity index (χ1) is 16.2. The minimum atomic E-state index is -1.04. The Morgan fingerprint density at radius 3 is 2.18 bits per heavy atom. The third kappa shape index (κ3) is 4.79. The largest absolute Gasteiger partial charge is 0.490 e. The second-order valence-electron chi connectivity index (χ2n) is 12.5. The zero-order chi connectivity index (χ0) is 24.0. The van der Waals surface area contributed by atoms with Gasteiger partial charge in [-0.2, -0.15) is 0 Å². The normalized spacial score (nSPS) is 31.5. The average molecular weight is 480 g/mol. The molecule has 2 aromatic rings. The SMILES string of the molecule is C[Si](C)(C)[C@H]1CC[C@@H](Oc2ccc3cc(CNC45CCC(C(=O)O)(CC4)CC5)ccc3c2)CC1. The molecule has 34 heavy (non-hydrogen) atoms. The van der Waals surface area contributed by atoms with Crippen molar-refractivity contribution in [2.75, 3.05) is 0 Å². The Kier molecular flexibility index (Phi) is 6.30. The molecule has 4 nitrogen and oxygen atoms in total. The summed E-state index contributed by atoms with van der Waals surface area (Å²) in [4.78, 5) is 11.7. The smallest absolute Gasteiger partial charge is 0.309 e. The topological polar surface area (TPSA) is 58.6 Å². The zero-order valence-corrected chi connectivity index (χ0v) is 22.2. The van der Waals surface area contributed by atoms with Crippen LogP contribution in [0.2, 0.25) is 25.2 Å². The molecule has 4 aliphatic carbocycles. The monoisotopic (exact) mass is 479 g/mol. The minimum absolute atomic E-state index is 0.123. The number of fused-ring (bicyclic) bond motifs is 4. The van der Waals surface area contributed by atoms with Gasteiger partial charge in [0.2, 0.25) is 0 Å². The van der Waals surface area contributed by atoms with Gasteiger partial charge in [-0.25, -0.2) is 0 Å². The molecule has 6 rings (SSSR count). The van der Waals surface area contributed by atoms with Crippen molar-refractivity contribution in [1.82, 2.24) is 5.32 Å². The predicted molar refractivity (Wildman–Crippen MR) is 141 cm³/mol. The molecule has 0 saturated heterocycles. The second kappa shape index (κ2) is 8.98. The van der Waals surface area contributed by atoms with Crippen molar-refractivity contribution in [2.24, 2.45) is 5.41 Å². The van der Waals surface area contributed by atoms with Gasteiger partial charge in [0.25, 0.3) is 0 Å². The summed E-state index contributed by atoms with van der Waals surface area (Å²) in [6, 6.07) is 13.3. The minimum Gasteiger partial charge on any atom is -0.490 e. The molecule has 184 valence electrons. The van der Waals surface area contributed by atoms with Crippen LogP contribution in [0, 0.1) is 5.41 Å². The second-order valence-corrected chi connectivity index (χ2v) is 18.1. The Balaban J connectivity index is 1.18. The van der Waals surface area contributed by atoms with Crippen molar-refractivity contribution in [3.63, 3.8) is 0 Å². The van der Waals surface area contributed by atoms with Gasteiger partial charge in [-0.05, 0) is 104 Å². The fourth-order valence-electron chi connectivity index (χ4n) is 6.76. The van der Waals surface area contributed by atoms with Crippen molar-refractivity contribution in [2.45, 2.75) is 108 Å². The van der Waals surface area contributed by atoms with E-state index in [2.05, 4.69) is 61.4 Å². The molecule has 0 heterocycles. The Morgan fingerprint density at radius 2 is 1.56 bits per heavy atom. The molecule has 2 N–H and O–H groups in total. The van der Waals surface area contributed by atoms with Crippen LogP contribution in [0.1, 0.15) is 69.8 Å². The third-order valence-electron chi connectivity index (χ3n) is 9.45. The number of hydrogen-bond acceptors (Lipinski definition) is 3. The van der Waals surface area contributed by atoms with Crippen molar-refractivity contribution in [1.29, 1.82) is 0 Å². The summed E-state index contributed by atoms with van der Waals surface area (Å²) < 4.78 is 6.40. The molecule has 0 amide bonds. The molecule has 5 heteroatoms. The Morgan fingerprint density at radius 1 is 0.941 bits per heavy atom. The van der Waals surface area contributed by atoms with Gasteiger partial charge in [-0.1, -0.05) is 37.8 Å². The van der Waals surface area contributed by atoms with E-state index in [9.17, 15) is 9.90 Å². The quantitative estimate of drug-likeness (QED) is 0.414. The lowest BCUT2D eigenvalue weighted by atomic mass is 9.57. The number of carbonyl (C=O) groups is 1. The highest BCUT2D eigenvalue weighted by Crippen LogP contribution is 2.52. The predicted octanol–water partition coefficient (Wildman–Crippen LogP) is 7.14. The van der Waals surface area contributed by atoms with Gasteiger partial charge in [0.05, 0.1) is 11.5 Å². The van der Waals surface area contributed by atoms with E-state index in [4.69, 9.17) is 4.74 Å². The summed E-state index contributed by atoms with van der Waals surface area (Å²) in [5, 5.41) is 15.9. The van der Waals surface area contributed by atoms with Gasteiger partial charge in [-0.3, -0.25) is 4.79 Å². The Labute approximate surface area is 205 Å². The summed E-state index contributed by atoms with van der Waals surface area (Å²) in [5.41, 5.74) is 1.91. The standard InChI is InChI=1S/C29H41NO3Si/c1-34(2,3)26-10-8-24(9-11-26)33-25-7-6-22-18-21(4-5-23(22)19-25)20-30-29-15-12-28(13-16-29,14-17-29)27(31)32/h4-7,18-19,24,26,30H,8-17,20H2,1-3H3,(H,31,32)/t24-,26+,28?,29?. The van der Waals surface area contributed by atoms with Gasteiger partial charge in [0.1, 0.15) is 5.75 Å². The number of ether oxygens (including phenoxy) is 1. The molecule has 0 aliphatic heterocycles. The fraction of sp³-hybridized carbons (Fsp3) is 0.621. The van der Waals surface area contributed by atoms with E-state index in [0.29, 0.717) is 6.10 Å². The maximum Gasteiger partial charge on any atom is 0.309 e. The van der Waals surface area contributed by atoms with Gasteiger partial charge >= 0.3 is 5.97 Å². The van der Waals surface area contributed by atoms with Crippen LogP contribution >= 0.6 is 0 Å². The molecule has 4 saturated carbocycles. The van der Waals surface area contributed by atoms with Gasteiger partial charge in [0, 0.05) is 20.2 Å². The number of benzene rings is 2. The molecule has 4 fully saturated rings. The number of carboxylic acids is 1. The van der Waals surface area contributed by atoms with Crippen LogP contribution in [0.4, 0.5) is 0 Å². The van der Waals surface area contributed by atoms with Gasteiger partial charge in [0.15, 0.2) is 0 Å². The molecule has 2 aromatic carbocycles. The molecule has 0 aromatic heterocycles. The van der Waals surface area contributed by atoms with Crippen LogP contribution in [0.15, 0.2) is 36.4 Å². The van der Waals surface area contributed by atoms with Crippen molar-refractivity contribution >= 4 is 24.8 Å². The molecule has 0 radical (unpaired) electrons. The van der Waals surface area contributed by atoms with E-state index in [0.717, 1.165) is 56.4 Å². The summed E-state index contributed by atoms with van der Waals surface area (Å²) in [6.07, 6.45) is 10.8. The van der Waals surface area contributed by atoms with Crippen LogP contribution in [-0.2, 0) is 11.3 Å². The number of rotatable bonds is 7. The first kappa shape index (κ1) is 23.9. The van der Waals surface area contributed by atoms with Crippen LogP contribution in [0.5, 0.6) is 5.75 Å². The highest BCUT2D eigenvalue weighted by Gasteiger charge is 2.52. The summed E-state index contributed by atoms with van der Waals surface area (Å²) in [5.74, 6) is 0.415. The Bertz CT molecular complexity index is 1030. The summed E-state index contributed by atoms with van der Waals surface area (Å²) in [6.45, 7) is 8.34. The molecule has 2 bridgehead atoms. The van der Waals surface area contributed by atoms with E-state index < -0.39 is 19.5 Å². The van der Waals surface area contributed by atoms with E-state index >= 15 is 0 Å². The van der Waals surface area contributed by atoms with Crippen molar-refractivity contribution in [3.05, 3.63) is 42.0 Å². The van der Waals surface area contributed by atoms with Gasteiger partial charge < -0.3 is 15.2 Å². The first-order valence-electron chi connectivity index (χ1n) is 13.3. The molecular weight excluding hydrogens is 438 g/mol. The van der Waals surface area contributed by atoms with Crippen LogP contribution in [-0.4, -0.2) is 30.8 Å². The lowest BCUT2D eigenvalue weighted by Gasteiger charge is -2.51. The van der Waals surface area contributed by atoms with Gasteiger partial charge in [-0.15, -0.1) is 0 Å². The lowest BCUT2D eigenvalue weighted by Crippen LogP contribution is -2.56. The Hall–Kier alpha value is -1.85. The van der Waals surface area contributed by atoms with Crippen LogP contribution in [0.3, 0.4) is 0 Å². The maximum absolute atomic E-state index is 11.7. The molecule has 4 aliphatic rings. The van der Waals surface area contributed by atoms with Crippen LogP contribution < -0.4 is 10.1 Å². The average Bonchev–Trinajstić information content (AvgIpc) is 2.83. The molecule has 0 unspecified atom stereocenters. The molecular formula is C29H41NO3Si. The third-order valence-corrected chi connectivity index (χ3v) is 12.5. The van der Waals surface area contributed by atoms with E-state index in [1.807, 2.05) is 0 Å². The number of aliphatic carboxylic acids is 1. The van der Waals surface area contributed by atoms with Crippen LogP contribution in [0.25, 0.3) is 10.8 Å². The highest BCUT2D eigenvalue weighted by molar-refractivity contribution is 6.77. The molecule has 0 atom stereocenters. The maximum atomic E-state index is 11.7. The van der Waals surface area contributed by atoms with E-state index in [1.54, 1.807) is 0 Å². The van der Waals surface area contributed by atoms with E-state index in [-0.39, 0.29) is 5.54 Å². The lowest BCUT2D eigenvalue weighted by molar-refractivity contribution is -0.156. The van der Waals surface area contributed by atoms with E-state index in [1.165, 1.54) is 42.0 Å². The first-order valence-corrected chi connectivity index (χ1v) is 16.9. The highest BCUT2D eigenvalue weighted by atomic mass is 28.3. The fourth-order valence-corrected chi connectivity index (χ4v) is 8.82. The summed E-state index contributed by atoms with van der Waals surface area (Å²) in [7, 11) is -1.04. The number of carboxylic acid groups (broad SMARTS) is 1. The number of nitrogens with one attached hydrogen (secondary N) is 1.